The summed E-state index contributed by atoms with van der Waals surface area (Å²) in [5, 5.41) is 15.7. The van der Waals surface area contributed by atoms with Crippen molar-refractivity contribution in [2.75, 3.05) is 206 Å². The molecule has 0 spiro atoms. The fourth-order valence-electron chi connectivity index (χ4n) is 10.3. The van der Waals surface area contributed by atoms with Crippen molar-refractivity contribution in [1.29, 1.82) is 0 Å². The third-order valence-electron chi connectivity index (χ3n) is 15.2. The first-order valence-electron chi connectivity index (χ1n) is 32.1. The summed E-state index contributed by atoms with van der Waals surface area (Å²) in [4.78, 5) is 77.1. The Morgan fingerprint density at radius 3 is 1.84 bits per heavy atom. The fraction of sp³-hybridized carbons (Fsp3) is 0.500. The number of para-hydroxylation sites is 1. The number of fused-ring (bicyclic) bond motifs is 1. The minimum absolute atomic E-state index is 0.0241. The maximum absolute atomic E-state index is 13.0. The van der Waals surface area contributed by atoms with Crippen LogP contribution in [0.5, 0.6) is 11.5 Å². The van der Waals surface area contributed by atoms with E-state index in [2.05, 4.69) is 41.5 Å². The van der Waals surface area contributed by atoms with Gasteiger partial charge >= 0.3 is 6.03 Å². The van der Waals surface area contributed by atoms with Crippen LogP contribution in [-0.2, 0) is 79.4 Å². The van der Waals surface area contributed by atoms with Crippen molar-refractivity contribution < 1.29 is 85.4 Å². The number of methoxy groups -OCH3 is 1. The summed E-state index contributed by atoms with van der Waals surface area (Å²) in [6.45, 7) is 14.0. The number of imide groups is 1. The quantitative estimate of drug-likeness (QED) is 0.0158. The molecule has 4 aromatic carbocycles. The van der Waals surface area contributed by atoms with Crippen LogP contribution in [0.4, 0.5) is 39.3 Å². The smallest absolute Gasteiger partial charge is 0.319 e. The van der Waals surface area contributed by atoms with E-state index in [0.29, 0.717) is 206 Å². The molecular formula is C66H87Cl2N10O18P. The van der Waals surface area contributed by atoms with Crippen LogP contribution in [0.15, 0.2) is 85.1 Å². The molecule has 2 fully saturated rings. The number of amides is 6. The third-order valence-corrected chi connectivity index (χ3v) is 17.2. The highest BCUT2D eigenvalue weighted by Crippen LogP contribution is 2.39. The van der Waals surface area contributed by atoms with Crippen LogP contribution >= 0.6 is 30.3 Å². The molecule has 0 saturated carbocycles. The van der Waals surface area contributed by atoms with Gasteiger partial charge in [0.2, 0.25) is 23.7 Å². The number of anilines is 6. The van der Waals surface area contributed by atoms with Gasteiger partial charge in [-0.15, -0.1) is 0 Å². The number of benzene rings is 4. The third kappa shape index (κ3) is 25.5. The van der Waals surface area contributed by atoms with Gasteiger partial charge in [-0.3, -0.25) is 24.5 Å². The van der Waals surface area contributed by atoms with Crippen molar-refractivity contribution in [3.05, 3.63) is 112 Å². The zero-order valence-electron chi connectivity index (χ0n) is 55.0. The first kappa shape index (κ1) is 75.5. The van der Waals surface area contributed by atoms with Crippen molar-refractivity contribution in [1.82, 2.24) is 30.4 Å². The second-order valence-electron chi connectivity index (χ2n) is 22.5. The Morgan fingerprint density at radius 2 is 1.25 bits per heavy atom. The summed E-state index contributed by atoms with van der Waals surface area (Å²) < 4.78 is 80.2. The molecule has 5 aromatic rings. The maximum atomic E-state index is 13.0. The SMILES string of the molecule is COc1cc(N2CCN(C(=O)COCCOCCOCCOCCOCCOCCOCCOCCOCCOCCOc3cc(Cl)cc(NC(=O)NCc4ccc5c(c4)CN(C4CCC(=O)NC4=O)C5=O)c3)CC2)ccc1Nc1ncc(Cl)c(Nc2ccccc2P(C)(C)=O)n1. The summed E-state index contributed by atoms with van der Waals surface area (Å²) >= 11 is 12.8. The number of piperazine rings is 1. The van der Waals surface area contributed by atoms with Crippen LogP contribution in [0, 0.1) is 0 Å². The second-order valence-corrected chi connectivity index (χ2v) is 26.6. The number of carbonyl (C=O) groups is 5. The zero-order valence-corrected chi connectivity index (χ0v) is 57.4. The number of aromatic nitrogens is 2. The first-order valence-corrected chi connectivity index (χ1v) is 35.4. The van der Waals surface area contributed by atoms with Gasteiger partial charge in [0.1, 0.15) is 42.9 Å². The van der Waals surface area contributed by atoms with Gasteiger partial charge in [0.15, 0.2) is 5.82 Å². The van der Waals surface area contributed by atoms with Crippen molar-refractivity contribution in [2.24, 2.45) is 0 Å². The maximum Gasteiger partial charge on any atom is 0.319 e. The van der Waals surface area contributed by atoms with Crippen molar-refractivity contribution >= 4 is 99.8 Å². The number of rotatable bonds is 44. The Balaban J connectivity index is 0.529. The van der Waals surface area contributed by atoms with E-state index in [0.717, 1.165) is 16.8 Å². The van der Waals surface area contributed by atoms with Crippen molar-refractivity contribution in [2.45, 2.75) is 32.0 Å². The van der Waals surface area contributed by atoms with Crippen LogP contribution in [0.1, 0.15) is 34.3 Å². The van der Waals surface area contributed by atoms with Gasteiger partial charge in [0, 0.05) is 85.1 Å². The normalized spacial score (nSPS) is 14.8. The Kier molecular flexibility index (Phi) is 31.6. The molecular weight excluding hydrogens is 1320 g/mol. The Bertz CT molecular complexity index is 3400. The van der Waals surface area contributed by atoms with E-state index in [1.165, 1.54) is 11.1 Å². The van der Waals surface area contributed by atoms with Crippen LogP contribution in [-0.4, -0.2) is 241 Å². The van der Waals surface area contributed by atoms with Crippen LogP contribution < -0.4 is 46.3 Å². The number of piperidine rings is 1. The molecule has 528 valence electrons. The molecule has 3 aliphatic rings. The molecule has 6 amide bonds. The molecule has 3 aliphatic heterocycles. The molecule has 0 radical (unpaired) electrons. The van der Waals surface area contributed by atoms with Crippen LogP contribution in [0.25, 0.3) is 0 Å². The van der Waals surface area contributed by atoms with E-state index in [4.69, 9.17) is 80.0 Å². The number of ether oxygens (including phenoxy) is 12. The van der Waals surface area contributed by atoms with Crippen molar-refractivity contribution in [3.63, 3.8) is 0 Å². The Hall–Kier alpha value is -7.28. The van der Waals surface area contributed by atoms with E-state index in [-0.39, 0.29) is 63.5 Å². The summed E-state index contributed by atoms with van der Waals surface area (Å²) in [6.07, 6.45) is 1.95. The largest absolute Gasteiger partial charge is 0.494 e. The summed E-state index contributed by atoms with van der Waals surface area (Å²) in [7, 11) is -0.986. The van der Waals surface area contributed by atoms with Gasteiger partial charge in [-0.2, -0.15) is 4.98 Å². The molecule has 97 heavy (non-hydrogen) atoms. The molecule has 1 unspecified atom stereocenters. The monoisotopic (exact) mass is 1410 g/mol. The molecule has 1 atom stereocenters. The molecule has 2 saturated heterocycles. The van der Waals surface area contributed by atoms with Gasteiger partial charge in [-0.1, -0.05) is 47.5 Å². The second kappa shape index (κ2) is 40.6. The highest BCUT2D eigenvalue weighted by molar-refractivity contribution is 7.70. The molecule has 0 aliphatic carbocycles. The van der Waals surface area contributed by atoms with Gasteiger partial charge < -0.3 is 97.4 Å². The number of nitrogens with one attached hydrogen (secondary N) is 5. The van der Waals surface area contributed by atoms with Crippen LogP contribution in [0.3, 0.4) is 0 Å². The molecule has 1 aromatic heterocycles. The van der Waals surface area contributed by atoms with Gasteiger partial charge in [-0.05, 0) is 73.3 Å². The zero-order chi connectivity index (χ0) is 68.6. The van der Waals surface area contributed by atoms with Gasteiger partial charge in [0.25, 0.3) is 5.91 Å². The molecule has 5 N–H and O–H groups in total. The lowest BCUT2D eigenvalue weighted by molar-refractivity contribution is -0.138. The molecule has 31 heteroatoms. The molecule has 8 rings (SSSR count). The number of carbonyl (C=O) groups excluding carboxylic acids is 5. The topological polar surface area (TPSA) is 309 Å². The minimum atomic E-state index is -2.58. The number of halogens is 2. The number of nitrogens with zero attached hydrogens (tertiary/aromatic N) is 5. The minimum Gasteiger partial charge on any atom is -0.494 e. The Morgan fingerprint density at radius 1 is 0.660 bits per heavy atom. The summed E-state index contributed by atoms with van der Waals surface area (Å²) in [5.41, 5.74) is 4.68. The van der Waals surface area contributed by atoms with Gasteiger partial charge in [0.05, 0.1) is 150 Å². The first-order chi connectivity index (χ1) is 47.1. The lowest BCUT2D eigenvalue weighted by Crippen LogP contribution is -2.52. The molecule has 4 heterocycles. The molecule has 0 bridgehead atoms. The Labute approximate surface area is 574 Å². The average Bonchev–Trinajstić information content (AvgIpc) is 1.68. The van der Waals surface area contributed by atoms with E-state index >= 15 is 0 Å². The predicted octanol–water partition coefficient (Wildman–Crippen LogP) is 6.50. The van der Waals surface area contributed by atoms with E-state index < -0.39 is 25.1 Å². The molecule has 28 nitrogen and oxygen atoms in total. The van der Waals surface area contributed by atoms with E-state index in [1.807, 2.05) is 48.5 Å². The fourth-order valence-corrected chi connectivity index (χ4v) is 11.8. The lowest BCUT2D eigenvalue weighted by atomic mass is 10.0. The van der Waals surface area contributed by atoms with Gasteiger partial charge in [-0.25, -0.2) is 9.78 Å². The standard InChI is InChI=1S/C66H87Cl2N10O18P/c1-85-58-42-51(9-11-55(58)73-65-69-44-54(68)62(75-65)72-56-6-4-5-7-59(56)97(2,3)84)76-14-16-77(17-15-76)61(80)46-95-35-34-93-31-30-91-27-26-89-23-22-87-19-18-86-20-21-88-24-25-90-28-29-92-32-33-94-36-37-96-52-40-49(67)39-50(41-52)71-66(83)70-43-47-8-10-53-48(38-47)45-78(64(53)82)57-12-13-60(79)74-63(57)81/h4-11,38-42,44,57H,12-37,43,45-46H2,1-3H3,(H2,70,71,83)(H,74,79,81)(H2,69,72,73,75). The highest BCUT2D eigenvalue weighted by Gasteiger charge is 2.39. The highest BCUT2D eigenvalue weighted by atomic mass is 35.5. The van der Waals surface area contributed by atoms with E-state index in [1.54, 1.807) is 55.7 Å². The predicted molar refractivity (Wildman–Crippen MR) is 364 cm³/mol. The number of urea groups is 1. The summed E-state index contributed by atoms with van der Waals surface area (Å²) in [6, 6.07) is 22.1. The number of hydrogen-bond acceptors (Lipinski definition) is 23. The lowest BCUT2D eigenvalue weighted by Gasteiger charge is -2.36. The average molecular weight is 1410 g/mol. The number of hydrogen-bond donors (Lipinski definition) is 5. The van der Waals surface area contributed by atoms with E-state index in [9.17, 15) is 28.5 Å². The van der Waals surface area contributed by atoms with Crippen molar-refractivity contribution in [3.8, 4) is 11.5 Å². The van der Waals surface area contributed by atoms with Crippen LogP contribution in [0.2, 0.25) is 10.0 Å². The summed E-state index contributed by atoms with van der Waals surface area (Å²) in [5.74, 6) is 0.540.